The van der Waals surface area contributed by atoms with E-state index < -0.39 is 0 Å². The van der Waals surface area contributed by atoms with Crippen molar-refractivity contribution in [2.45, 2.75) is 6.92 Å². The lowest BCUT2D eigenvalue weighted by molar-refractivity contribution is 0.355. The molecule has 29 heavy (non-hydrogen) atoms. The zero-order valence-electron chi connectivity index (χ0n) is 16.6. The average molecular weight is 393 g/mol. The Morgan fingerprint density at radius 2 is 2.03 bits per heavy atom. The second-order valence-corrected chi connectivity index (χ2v) is 6.54. The predicted molar refractivity (Wildman–Crippen MR) is 114 cm³/mol. The van der Waals surface area contributed by atoms with Gasteiger partial charge in [-0.25, -0.2) is 9.98 Å². The lowest BCUT2D eigenvalue weighted by atomic mass is 10.1. The van der Waals surface area contributed by atoms with Gasteiger partial charge in [-0.05, 0) is 25.1 Å². The number of methoxy groups -OCH3 is 2. The summed E-state index contributed by atoms with van der Waals surface area (Å²) in [6, 6.07) is 7.37. The number of nitrogens with one attached hydrogen (secondary N) is 1. The van der Waals surface area contributed by atoms with Crippen molar-refractivity contribution < 1.29 is 14.6 Å². The highest BCUT2D eigenvalue weighted by Gasteiger charge is 2.30. The van der Waals surface area contributed by atoms with Crippen molar-refractivity contribution >= 4 is 28.9 Å². The van der Waals surface area contributed by atoms with Crippen LogP contribution >= 0.6 is 0 Å². The maximum atomic E-state index is 10.7. The van der Waals surface area contributed by atoms with Gasteiger partial charge >= 0.3 is 0 Å². The summed E-state index contributed by atoms with van der Waals surface area (Å²) in [5, 5.41) is 13.8. The third kappa shape index (κ3) is 3.49. The number of aliphatic hydroxyl groups excluding tert-OH is 1. The van der Waals surface area contributed by atoms with E-state index in [2.05, 4.69) is 15.3 Å². The number of hydrogen-bond donors (Lipinski definition) is 2. The highest BCUT2D eigenvalue weighted by Crippen LogP contribution is 2.38. The van der Waals surface area contributed by atoms with Crippen molar-refractivity contribution in [2.75, 3.05) is 39.2 Å². The van der Waals surface area contributed by atoms with E-state index in [1.165, 1.54) is 0 Å². The molecule has 0 spiro atoms. The smallest absolute Gasteiger partial charge is 0.162 e. The summed E-state index contributed by atoms with van der Waals surface area (Å²) in [7, 11) is 3.19. The van der Waals surface area contributed by atoms with E-state index in [9.17, 15) is 5.11 Å². The molecular weight excluding hydrogens is 370 g/mol. The van der Waals surface area contributed by atoms with Crippen LogP contribution in [0.25, 0.3) is 5.76 Å². The van der Waals surface area contributed by atoms with Gasteiger partial charge in [-0.15, -0.1) is 0 Å². The van der Waals surface area contributed by atoms with Gasteiger partial charge in [0.2, 0.25) is 0 Å². The fraction of sp³-hybridized carbons (Fsp3) is 0.286. The van der Waals surface area contributed by atoms with E-state index >= 15 is 0 Å². The molecule has 0 unspecified atom stereocenters. The molecule has 2 aromatic rings. The molecule has 3 heterocycles. The van der Waals surface area contributed by atoms with Crippen LogP contribution in [0.4, 0.5) is 11.5 Å². The van der Waals surface area contributed by atoms with Gasteiger partial charge in [0, 0.05) is 42.6 Å². The molecule has 0 aliphatic carbocycles. The van der Waals surface area contributed by atoms with Gasteiger partial charge in [-0.3, -0.25) is 4.99 Å². The maximum Gasteiger partial charge on any atom is 0.162 e. The van der Waals surface area contributed by atoms with Gasteiger partial charge in [0.05, 0.1) is 26.5 Å². The first-order chi connectivity index (χ1) is 14.1. The van der Waals surface area contributed by atoms with Crippen LogP contribution < -0.4 is 14.8 Å². The summed E-state index contributed by atoms with van der Waals surface area (Å²) in [4.78, 5) is 15.7. The summed E-state index contributed by atoms with van der Waals surface area (Å²) < 4.78 is 10.8. The number of amidine groups is 2. The number of fused-ring (bicyclic) bond motifs is 3. The van der Waals surface area contributed by atoms with Gasteiger partial charge in [0.15, 0.2) is 11.5 Å². The standard InChI is InChI=1S/C21H23N5O3/c1-4-22-19-6-5-13(12-24-19)16(27)11-20-25-15-10-18(29-3)17(28-2)9-14(15)21-23-7-8-26(20)21/h5-6,9-12,27H,4,7-8H2,1-3H3,(H,22,24)/b16-11-. The van der Waals surface area contributed by atoms with Crippen LogP contribution in [0.3, 0.4) is 0 Å². The molecule has 0 radical (unpaired) electrons. The Hall–Kier alpha value is -3.55. The minimum Gasteiger partial charge on any atom is -0.507 e. The monoisotopic (exact) mass is 393 g/mol. The third-order valence-electron chi connectivity index (χ3n) is 4.78. The number of rotatable bonds is 6. The molecule has 0 bridgehead atoms. The quantitative estimate of drug-likeness (QED) is 0.732. The van der Waals surface area contributed by atoms with Crippen molar-refractivity contribution in [2.24, 2.45) is 9.98 Å². The van der Waals surface area contributed by atoms with Crippen molar-refractivity contribution in [1.29, 1.82) is 0 Å². The third-order valence-corrected chi connectivity index (χ3v) is 4.78. The van der Waals surface area contributed by atoms with Crippen LogP contribution in [-0.2, 0) is 0 Å². The van der Waals surface area contributed by atoms with Gasteiger partial charge in [-0.1, -0.05) is 0 Å². The predicted octanol–water partition coefficient (Wildman–Crippen LogP) is 3.24. The SMILES string of the molecule is CCNc1ccc(/C(O)=C/C2=Nc3cc(OC)c(OC)cc3C3=NCCN23)cn1. The van der Waals surface area contributed by atoms with Crippen LogP contribution in [0.1, 0.15) is 18.1 Å². The van der Waals surface area contributed by atoms with E-state index in [1.54, 1.807) is 26.5 Å². The van der Waals surface area contributed by atoms with E-state index in [1.807, 2.05) is 36.1 Å². The van der Waals surface area contributed by atoms with Crippen LogP contribution in [0, 0.1) is 0 Å². The highest BCUT2D eigenvalue weighted by molar-refractivity contribution is 6.20. The first-order valence-electron chi connectivity index (χ1n) is 9.42. The second-order valence-electron chi connectivity index (χ2n) is 6.54. The molecule has 8 nitrogen and oxygen atoms in total. The zero-order chi connectivity index (χ0) is 20.4. The fourth-order valence-corrected chi connectivity index (χ4v) is 3.37. The Morgan fingerprint density at radius 3 is 2.72 bits per heavy atom. The van der Waals surface area contributed by atoms with E-state index in [-0.39, 0.29) is 5.76 Å². The number of nitrogens with zero attached hydrogens (tertiary/aromatic N) is 4. The number of hydrogen-bond acceptors (Lipinski definition) is 8. The van der Waals surface area contributed by atoms with Crippen LogP contribution in [0.15, 0.2) is 46.5 Å². The number of ether oxygens (including phenoxy) is 2. The summed E-state index contributed by atoms with van der Waals surface area (Å²) >= 11 is 0. The van der Waals surface area contributed by atoms with E-state index in [0.29, 0.717) is 36.0 Å². The highest BCUT2D eigenvalue weighted by atomic mass is 16.5. The Balaban J connectivity index is 1.73. The van der Waals surface area contributed by atoms with E-state index in [4.69, 9.17) is 14.5 Å². The number of anilines is 1. The summed E-state index contributed by atoms with van der Waals surface area (Å²) in [5.41, 5.74) is 2.22. The number of pyridine rings is 1. The van der Waals surface area contributed by atoms with Crippen molar-refractivity contribution in [3.05, 3.63) is 47.7 Å². The minimum absolute atomic E-state index is 0.0921. The summed E-state index contributed by atoms with van der Waals surface area (Å²) in [6.45, 7) is 4.15. The molecule has 1 aromatic heterocycles. The molecule has 0 saturated heterocycles. The van der Waals surface area contributed by atoms with Crippen LogP contribution in [0.5, 0.6) is 11.5 Å². The molecular formula is C21H23N5O3. The van der Waals surface area contributed by atoms with Crippen molar-refractivity contribution in [3.8, 4) is 11.5 Å². The number of aliphatic hydroxyl groups is 1. The lowest BCUT2D eigenvalue weighted by Gasteiger charge is -2.26. The van der Waals surface area contributed by atoms with Crippen LogP contribution in [0.2, 0.25) is 0 Å². The van der Waals surface area contributed by atoms with Gasteiger partial charge < -0.3 is 24.8 Å². The first-order valence-corrected chi connectivity index (χ1v) is 9.42. The molecule has 0 atom stereocenters. The molecule has 1 aromatic carbocycles. The molecule has 0 saturated carbocycles. The minimum atomic E-state index is 0.0921. The molecule has 2 aliphatic heterocycles. The second kappa shape index (κ2) is 7.83. The number of aliphatic imine (C=N–C) groups is 2. The topological polar surface area (TPSA) is 91.6 Å². The number of aromatic nitrogens is 1. The number of benzene rings is 1. The Labute approximate surface area is 169 Å². The van der Waals surface area contributed by atoms with Crippen LogP contribution in [-0.4, -0.2) is 60.5 Å². The Morgan fingerprint density at radius 1 is 1.24 bits per heavy atom. The normalized spacial score (nSPS) is 15.3. The first kappa shape index (κ1) is 18.8. The molecule has 4 rings (SSSR count). The Bertz CT molecular complexity index is 1010. The summed E-state index contributed by atoms with van der Waals surface area (Å²) in [5.74, 6) is 3.52. The van der Waals surface area contributed by atoms with Crippen molar-refractivity contribution in [3.63, 3.8) is 0 Å². The molecule has 2 N–H and O–H groups in total. The fourth-order valence-electron chi connectivity index (χ4n) is 3.37. The van der Waals surface area contributed by atoms with Gasteiger partial charge in [0.25, 0.3) is 0 Å². The Kier molecular flexibility index (Phi) is 5.07. The molecule has 0 fully saturated rings. The lowest BCUT2D eigenvalue weighted by Crippen LogP contribution is -2.36. The maximum absolute atomic E-state index is 10.7. The van der Waals surface area contributed by atoms with E-state index in [0.717, 1.165) is 29.4 Å². The van der Waals surface area contributed by atoms with Crippen molar-refractivity contribution in [1.82, 2.24) is 9.88 Å². The molecule has 8 heteroatoms. The summed E-state index contributed by atoms with van der Waals surface area (Å²) in [6.07, 6.45) is 3.28. The average Bonchev–Trinajstić information content (AvgIpc) is 3.24. The van der Waals surface area contributed by atoms with Gasteiger partial charge in [0.1, 0.15) is 23.2 Å². The largest absolute Gasteiger partial charge is 0.507 e. The zero-order valence-corrected chi connectivity index (χ0v) is 16.6. The molecule has 150 valence electrons. The molecule has 0 amide bonds. The van der Waals surface area contributed by atoms with Gasteiger partial charge in [-0.2, -0.15) is 0 Å². The molecule has 2 aliphatic rings.